The number of rotatable bonds is 1. The van der Waals surface area contributed by atoms with Gasteiger partial charge in [0.2, 0.25) is 0 Å². The Bertz CT molecular complexity index is 530. The van der Waals surface area contributed by atoms with E-state index in [1.165, 1.54) is 4.90 Å². The number of amides is 1. The summed E-state index contributed by atoms with van der Waals surface area (Å²) in [5.41, 5.74) is -3.54. The molecule has 0 N–H and O–H groups in total. The van der Waals surface area contributed by atoms with Crippen LogP contribution in [-0.4, -0.2) is 35.4 Å². The molecule has 0 spiro atoms. The van der Waals surface area contributed by atoms with Crippen molar-refractivity contribution in [2.45, 2.75) is 12.4 Å². The molecule has 122 valence electrons. The first-order chi connectivity index (χ1) is 10.1. The molecule has 1 amide bonds. The molecule has 0 bridgehead atoms. The van der Waals surface area contributed by atoms with Gasteiger partial charge in [-0.1, -0.05) is 0 Å². The SMILES string of the molecule is O=C(c1cc(C(F)(F)F)cc(C(F)(F)F)c1)N1CCSCC1. The summed E-state index contributed by atoms with van der Waals surface area (Å²) < 4.78 is 76.5. The first-order valence-corrected chi connectivity index (χ1v) is 7.41. The fourth-order valence-corrected chi connectivity index (χ4v) is 2.93. The van der Waals surface area contributed by atoms with Crippen LogP contribution >= 0.6 is 11.8 Å². The Labute approximate surface area is 126 Å². The highest BCUT2D eigenvalue weighted by molar-refractivity contribution is 7.99. The highest BCUT2D eigenvalue weighted by Crippen LogP contribution is 2.36. The van der Waals surface area contributed by atoms with Gasteiger partial charge in [-0.15, -0.1) is 0 Å². The van der Waals surface area contributed by atoms with Crippen LogP contribution in [0.15, 0.2) is 18.2 Å². The molecule has 1 fully saturated rings. The van der Waals surface area contributed by atoms with Gasteiger partial charge in [-0.3, -0.25) is 4.79 Å². The van der Waals surface area contributed by atoms with Gasteiger partial charge in [0.1, 0.15) is 0 Å². The average molecular weight is 343 g/mol. The fourth-order valence-electron chi connectivity index (χ4n) is 2.03. The van der Waals surface area contributed by atoms with E-state index in [0.29, 0.717) is 36.7 Å². The van der Waals surface area contributed by atoms with Crippen molar-refractivity contribution in [1.82, 2.24) is 4.90 Å². The van der Waals surface area contributed by atoms with E-state index in [2.05, 4.69) is 0 Å². The van der Waals surface area contributed by atoms with E-state index in [1.54, 1.807) is 11.8 Å². The zero-order valence-electron chi connectivity index (χ0n) is 11.1. The van der Waals surface area contributed by atoms with Crippen molar-refractivity contribution in [1.29, 1.82) is 0 Å². The Hall–Kier alpha value is -1.38. The molecule has 0 radical (unpaired) electrons. The Morgan fingerprint density at radius 3 is 1.77 bits per heavy atom. The van der Waals surface area contributed by atoms with E-state index in [9.17, 15) is 31.1 Å². The van der Waals surface area contributed by atoms with E-state index in [1.807, 2.05) is 0 Å². The molecule has 0 saturated carbocycles. The molecule has 0 atom stereocenters. The van der Waals surface area contributed by atoms with Gasteiger partial charge in [0.25, 0.3) is 5.91 Å². The number of hydrogen-bond acceptors (Lipinski definition) is 2. The van der Waals surface area contributed by atoms with Crippen LogP contribution in [0.4, 0.5) is 26.3 Å². The minimum Gasteiger partial charge on any atom is -0.337 e. The summed E-state index contributed by atoms with van der Waals surface area (Å²) in [4.78, 5) is 13.4. The first kappa shape index (κ1) is 17.0. The number of thioether (sulfide) groups is 1. The van der Waals surface area contributed by atoms with Gasteiger partial charge in [0.15, 0.2) is 0 Å². The van der Waals surface area contributed by atoms with Crippen molar-refractivity contribution in [2.24, 2.45) is 0 Å². The predicted molar refractivity (Wildman–Crippen MR) is 69.7 cm³/mol. The van der Waals surface area contributed by atoms with Gasteiger partial charge < -0.3 is 4.90 Å². The lowest BCUT2D eigenvalue weighted by Crippen LogP contribution is -2.38. The minimum absolute atomic E-state index is 0.0167. The van der Waals surface area contributed by atoms with Crippen molar-refractivity contribution in [3.05, 3.63) is 34.9 Å². The van der Waals surface area contributed by atoms with Crippen molar-refractivity contribution in [3.63, 3.8) is 0 Å². The van der Waals surface area contributed by atoms with E-state index < -0.39 is 35.0 Å². The highest BCUT2D eigenvalue weighted by Gasteiger charge is 2.38. The van der Waals surface area contributed by atoms with E-state index in [0.717, 1.165) is 0 Å². The molecule has 1 aromatic carbocycles. The van der Waals surface area contributed by atoms with Crippen LogP contribution in [0.1, 0.15) is 21.5 Å². The molecule has 9 heteroatoms. The van der Waals surface area contributed by atoms with E-state index >= 15 is 0 Å². The lowest BCUT2D eigenvalue weighted by Gasteiger charge is -2.27. The van der Waals surface area contributed by atoms with Crippen molar-refractivity contribution < 1.29 is 31.1 Å². The van der Waals surface area contributed by atoms with Gasteiger partial charge >= 0.3 is 12.4 Å². The third-order valence-electron chi connectivity index (χ3n) is 3.13. The number of benzene rings is 1. The summed E-state index contributed by atoms with van der Waals surface area (Å²) in [6.07, 6.45) is -9.90. The Balaban J connectivity index is 2.43. The summed E-state index contributed by atoms with van der Waals surface area (Å²) in [5, 5.41) is 0. The molecule has 22 heavy (non-hydrogen) atoms. The number of nitrogens with zero attached hydrogens (tertiary/aromatic N) is 1. The van der Waals surface area contributed by atoms with Gasteiger partial charge in [-0.25, -0.2) is 0 Å². The molecule has 1 saturated heterocycles. The van der Waals surface area contributed by atoms with Gasteiger partial charge in [0, 0.05) is 30.2 Å². The van der Waals surface area contributed by atoms with Gasteiger partial charge in [-0.2, -0.15) is 38.1 Å². The van der Waals surface area contributed by atoms with Crippen LogP contribution in [0.3, 0.4) is 0 Å². The molecule has 2 nitrogen and oxygen atoms in total. The molecule has 2 rings (SSSR count). The van der Waals surface area contributed by atoms with Crippen molar-refractivity contribution in [3.8, 4) is 0 Å². The van der Waals surface area contributed by atoms with Crippen LogP contribution in [-0.2, 0) is 12.4 Å². The summed E-state index contributed by atoms with van der Waals surface area (Å²) >= 11 is 1.57. The molecule has 0 unspecified atom stereocenters. The Morgan fingerprint density at radius 1 is 0.909 bits per heavy atom. The van der Waals surface area contributed by atoms with Crippen LogP contribution in [0.25, 0.3) is 0 Å². The van der Waals surface area contributed by atoms with Crippen LogP contribution in [0.2, 0.25) is 0 Å². The largest absolute Gasteiger partial charge is 0.416 e. The summed E-state index contributed by atoms with van der Waals surface area (Å²) in [6, 6.07) is 0.960. The lowest BCUT2D eigenvalue weighted by atomic mass is 10.0. The van der Waals surface area contributed by atoms with Crippen LogP contribution in [0.5, 0.6) is 0 Å². The highest BCUT2D eigenvalue weighted by atomic mass is 32.2. The zero-order chi connectivity index (χ0) is 16.5. The fraction of sp³-hybridized carbons (Fsp3) is 0.462. The molecule has 0 aliphatic carbocycles. The maximum absolute atomic E-state index is 12.7. The smallest absolute Gasteiger partial charge is 0.337 e. The Kier molecular flexibility index (Phi) is 4.65. The maximum atomic E-state index is 12.7. The molecule has 1 aliphatic rings. The van der Waals surface area contributed by atoms with Crippen molar-refractivity contribution in [2.75, 3.05) is 24.6 Å². The van der Waals surface area contributed by atoms with Gasteiger partial charge in [-0.05, 0) is 18.2 Å². The predicted octanol–water partition coefficient (Wildman–Crippen LogP) is 3.91. The zero-order valence-corrected chi connectivity index (χ0v) is 11.9. The third kappa shape index (κ3) is 3.88. The number of alkyl halides is 6. The number of carbonyl (C=O) groups is 1. The molecule has 1 aliphatic heterocycles. The number of carbonyl (C=O) groups excluding carboxylic acids is 1. The van der Waals surface area contributed by atoms with Crippen molar-refractivity contribution >= 4 is 17.7 Å². The monoisotopic (exact) mass is 343 g/mol. The quantitative estimate of drug-likeness (QED) is 0.721. The van der Waals surface area contributed by atoms with E-state index in [4.69, 9.17) is 0 Å². The number of hydrogen-bond donors (Lipinski definition) is 0. The third-order valence-corrected chi connectivity index (χ3v) is 4.08. The Morgan fingerprint density at radius 2 is 1.36 bits per heavy atom. The lowest BCUT2D eigenvalue weighted by molar-refractivity contribution is -0.143. The summed E-state index contributed by atoms with van der Waals surface area (Å²) in [5.74, 6) is 0.408. The number of halogens is 6. The minimum atomic E-state index is -4.95. The second-order valence-electron chi connectivity index (χ2n) is 4.70. The first-order valence-electron chi connectivity index (χ1n) is 6.25. The normalized spacial score (nSPS) is 16.7. The molecule has 1 aromatic rings. The second kappa shape index (κ2) is 6.02. The summed E-state index contributed by atoms with van der Waals surface area (Å²) in [6.45, 7) is 0.613. The standard InChI is InChI=1S/C13H11F6NOS/c14-12(15,16)9-5-8(6-10(7-9)13(17,18)19)11(21)20-1-3-22-4-2-20/h5-7H,1-4H2. The van der Waals surface area contributed by atoms with Gasteiger partial charge in [0.05, 0.1) is 11.1 Å². The molecule has 0 aromatic heterocycles. The average Bonchev–Trinajstić information content (AvgIpc) is 2.45. The molecular formula is C13H11F6NOS. The topological polar surface area (TPSA) is 20.3 Å². The van der Waals surface area contributed by atoms with Crippen LogP contribution < -0.4 is 0 Å². The molecular weight excluding hydrogens is 332 g/mol. The van der Waals surface area contributed by atoms with Crippen LogP contribution in [0, 0.1) is 0 Å². The maximum Gasteiger partial charge on any atom is 0.416 e. The molecule has 1 heterocycles. The second-order valence-corrected chi connectivity index (χ2v) is 5.92. The summed E-state index contributed by atoms with van der Waals surface area (Å²) in [7, 11) is 0. The van der Waals surface area contributed by atoms with E-state index in [-0.39, 0.29) is 6.07 Å².